The number of rotatable bonds is 7. The van der Waals surface area contributed by atoms with Crippen molar-refractivity contribution in [3.05, 3.63) is 23.7 Å². The van der Waals surface area contributed by atoms with Gasteiger partial charge in [0.05, 0.1) is 12.8 Å². The standard InChI is InChI=1S/C16H29N3O/c1-5-6-17-8-14-7-15(20-12-14)10-19-9-13(2)16(11-19)18(3)4/h7,12-13,16-17H,5-6,8-11H2,1-4H3. The lowest BCUT2D eigenvalue weighted by Gasteiger charge is -2.22. The van der Waals surface area contributed by atoms with E-state index in [-0.39, 0.29) is 0 Å². The molecular formula is C16H29N3O. The van der Waals surface area contributed by atoms with Crippen molar-refractivity contribution >= 4 is 0 Å². The second-order valence-electron chi connectivity index (χ2n) is 6.30. The Balaban J connectivity index is 1.82. The fraction of sp³-hybridized carbons (Fsp3) is 0.750. The summed E-state index contributed by atoms with van der Waals surface area (Å²) >= 11 is 0. The van der Waals surface area contributed by atoms with Gasteiger partial charge in [-0.1, -0.05) is 13.8 Å². The molecule has 0 aliphatic carbocycles. The highest BCUT2D eigenvalue weighted by Gasteiger charge is 2.31. The van der Waals surface area contributed by atoms with E-state index in [0.717, 1.165) is 44.4 Å². The molecule has 1 aliphatic heterocycles. The van der Waals surface area contributed by atoms with Gasteiger partial charge in [-0.15, -0.1) is 0 Å². The van der Waals surface area contributed by atoms with Crippen LogP contribution in [0.15, 0.2) is 16.7 Å². The largest absolute Gasteiger partial charge is 0.468 e. The molecule has 0 spiro atoms. The molecule has 4 heteroatoms. The van der Waals surface area contributed by atoms with Crippen molar-refractivity contribution in [1.82, 2.24) is 15.1 Å². The Labute approximate surface area is 123 Å². The van der Waals surface area contributed by atoms with Gasteiger partial charge < -0.3 is 14.6 Å². The van der Waals surface area contributed by atoms with Crippen LogP contribution in [0.5, 0.6) is 0 Å². The average Bonchev–Trinajstić information content (AvgIpc) is 2.97. The zero-order valence-electron chi connectivity index (χ0n) is 13.4. The van der Waals surface area contributed by atoms with Crippen LogP contribution in [0.25, 0.3) is 0 Å². The molecular weight excluding hydrogens is 250 g/mol. The monoisotopic (exact) mass is 279 g/mol. The molecule has 0 amide bonds. The number of likely N-dealkylation sites (N-methyl/N-ethyl adjacent to an activating group) is 1. The number of furan rings is 1. The lowest BCUT2D eigenvalue weighted by Crippen LogP contribution is -2.34. The molecule has 0 radical (unpaired) electrons. The van der Waals surface area contributed by atoms with Crippen LogP contribution < -0.4 is 5.32 Å². The summed E-state index contributed by atoms with van der Waals surface area (Å²) in [6, 6.07) is 2.85. The van der Waals surface area contributed by atoms with Crippen LogP contribution >= 0.6 is 0 Å². The first kappa shape index (κ1) is 15.5. The predicted octanol–water partition coefficient (Wildman–Crippen LogP) is 2.16. The summed E-state index contributed by atoms with van der Waals surface area (Å²) < 4.78 is 5.69. The van der Waals surface area contributed by atoms with Gasteiger partial charge in [0, 0.05) is 31.2 Å². The maximum absolute atomic E-state index is 5.69. The summed E-state index contributed by atoms with van der Waals surface area (Å²) in [5.74, 6) is 1.82. The Bertz CT molecular complexity index is 402. The van der Waals surface area contributed by atoms with Gasteiger partial charge in [-0.2, -0.15) is 0 Å². The minimum absolute atomic E-state index is 0.663. The van der Waals surface area contributed by atoms with E-state index in [4.69, 9.17) is 4.42 Å². The molecule has 2 rings (SSSR count). The van der Waals surface area contributed by atoms with E-state index in [2.05, 4.69) is 49.1 Å². The molecule has 0 aromatic carbocycles. The van der Waals surface area contributed by atoms with Crippen LogP contribution in [-0.4, -0.2) is 49.6 Å². The molecule has 0 saturated carbocycles. The van der Waals surface area contributed by atoms with Crippen molar-refractivity contribution < 1.29 is 4.42 Å². The molecule has 1 N–H and O–H groups in total. The van der Waals surface area contributed by atoms with Crippen molar-refractivity contribution in [1.29, 1.82) is 0 Å². The third-order valence-corrected chi connectivity index (χ3v) is 4.15. The van der Waals surface area contributed by atoms with Crippen LogP contribution in [-0.2, 0) is 13.1 Å². The second kappa shape index (κ2) is 7.25. The lowest BCUT2D eigenvalue weighted by atomic mass is 10.1. The zero-order valence-corrected chi connectivity index (χ0v) is 13.4. The second-order valence-corrected chi connectivity index (χ2v) is 6.30. The van der Waals surface area contributed by atoms with Crippen molar-refractivity contribution in [2.45, 2.75) is 39.4 Å². The molecule has 4 nitrogen and oxygen atoms in total. The normalized spacial score (nSPS) is 23.9. The first-order chi connectivity index (χ1) is 9.60. The molecule has 114 valence electrons. The van der Waals surface area contributed by atoms with Gasteiger partial charge in [-0.3, -0.25) is 4.90 Å². The third-order valence-electron chi connectivity index (χ3n) is 4.15. The van der Waals surface area contributed by atoms with E-state index in [1.54, 1.807) is 0 Å². The molecule has 1 fully saturated rings. The number of hydrogen-bond acceptors (Lipinski definition) is 4. The Morgan fingerprint density at radius 2 is 2.20 bits per heavy atom. The number of hydrogen-bond donors (Lipinski definition) is 1. The molecule has 2 atom stereocenters. The maximum Gasteiger partial charge on any atom is 0.118 e. The van der Waals surface area contributed by atoms with Crippen LogP contribution in [0.4, 0.5) is 0 Å². The third kappa shape index (κ3) is 4.08. The number of nitrogens with zero attached hydrogens (tertiary/aromatic N) is 2. The van der Waals surface area contributed by atoms with E-state index in [1.807, 2.05) is 6.26 Å². The van der Waals surface area contributed by atoms with Gasteiger partial charge in [0.1, 0.15) is 5.76 Å². The summed E-state index contributed by atoms with van der Waals surface area (Å²) in [7, 11) is 4.35. The van der Waals surface area contributed by atoms with Crippen LogP contribution in [0.3, 0.4) is 0 Å². The summed E-state index contributed by atoms with van der Waals surface area (Å²) in [6.45, 7) is 9.73. The van der Waals surface area contributed by atoms with Crippen LogP contribution in [0.1, 0.15) is 31.6 Å². The zero-order chi connectivity index (χ0) is 14.5. The molecule has 0 bridgehead atoms. The van der Waals surface area contributed by atoms with E-state index >= 15 is 0 Å². The molecule has 1 aromatic rings. The summed E-state index contributed by atoms with van der Waals surface area (Å²) in [4.78, 5) is 4.84. The molecule has 2 heterocycles. The van der Waals surface area contributed by atoms with Gasteiger partial charge >= 0.3 is 0 Å². The average molecular weight is 279 g/mol. The minimum Gasteiger partial charge on any atom is -0.468 e. The van der Waals surface area contributed by atoms with Crippen LogP contribution in [0, 0.1) is 5.92 Å². The maximum atomic E-state index is 5.69. The number of nitrogens with one attached hydrogen (secondary N) is 1. The smallest absolute Gasteiger partial charge is 0.118 e. The molecule has 1 aliphatic rings. The van der Waals surface area contributed by atoms with E-state index in [9.17, 15) is 0 Å². The van der Waals surface area contributed by atoms with Gasteiger partial charge in [-0.25, -0.2) is 0 Å². The highest BCUT2D eigenvalue weighted by atomic mass is 16.3. The lowest BCUT2D eigenvalue weighted by molar-refractivity contribution is 0.244. The minimum atomic E-state index is 0.663. The summed E-state index contributed by atoms with van der Waals surface area (Å²) in [5.41, 5.74) is 1.25. The Hall–Kier alpha value is -0.840. The highest BCUT2D eigenvalue weighted by Crippen LogP contribution is 2.22. The fourth-order valence-corrected chi connectivity index (χ4v) is 3.08. The Kier molecular flexibility index (Phi) is 5.64. The van der Waals surface area contributed by atoms with Gasteiger partial charge in [0.2, 0.25) is 0 Å². The SMILES string of the molecule is CCCNCc1coc(CN2CC(C)C(N(C)C)C2)c1. The fourth-order valence-electron chi connectivity index (χ4n) is 3.08. The highest BCUT2D eigenvalue weighted by molar-refractivity contribution is 5.13. The van der Waals surface area contributed by atoms with Crippen molar-refractivity contribution in [3.8, 4) is 0 Å². The topological polar surface area (TPSA) is 31.7 Å². The Morgan fingerprint density at radius 3 is 2.85 bits per heavy atom. The number of likely N-dealkylation sites (tertiary alicyclic amines) is 1. The Morgan fingerprint density at radius 1 is 1.40 bits per heavy atom. The van der Waals surface area contributed by atoms with Gasteiger partial charge in [0.25, 0.3) is 0 Å². The van der Waals surface area contributed by atoms with E-state index < -0.39 is 0 Å². The quantitative estimate of drug-likeness (QED) is 0.775. The molecule has 2 unspecified atom stereocenters. The molecule has 1 aromatic heterocycles. The van der Waals surface area contributed by atoms with E-state index in [0.29, 0.717) is 6.04 Å². The van der Waals surface area contributed by atoms with Crippen molar-refractivity contribution in [2.24, 2.45) is 5.92 Å². The molecule has 1 saturated heterocycles. The summed E-state index contributed by atoms with van der Waals surface area (Å²) in [5, 5.41) is 3.41. The van der Waals surface area contributed by atoms with Crippen LogP contribution in [0.2, 0.25) is 0 Å². The molecule has 20 heavy (non-hydrogen) atoms. The van der Waals surface area contributed by atoms with Gasteiger partial charge in [0.15, 0.2) is 0 Å². The predicted molar refractivity (Wildman–Crippen MR) is 82.6 cm³/mol. The first-order valence-corrected chi connectivity index (χ1v) is 7.76. The first-order valence-electron chi connectivity index (χ1n) is 7.76. The van der Waals surface area contributed by atoms with Crippen molar-refractivity contribution in [3.63, 3.8) is 0 Å². The van der Waals surface area contributed by atoms with Crippen molar-refractivity contribution in [2.75, 3.05) is 33.7 Å². The summed E-state index contributed by atoms with van der Waals surface area (Å²) in [6.07, 6.45) is 3.06. The van der Waals surface area contributed by atoms with Gasteiger partial charge in [-0.05, 0) is 39.0 Å². The van der Waals surface area contributed by atoms with E-state index in [1.165, 1.54) is 12.0 Å².